The lowest BCUT2D eigenvalue weighted by Crippen LogP contribution is -2.41. The summed E-state index contributed by atoms with van der Waals surface area (Å²) in [6, 6.07) is 0. The molecule has 0 spiro atoms. The molecule has 0 radical (unpaired) electrons. The van der Waals surface area contributed by atoms with Crippen molar-refractivity contribution in [3.63, 3.8) is 0 Å². The lowest BCUT2D eigenvalue weighted by atomic mass is 10.1. The number of piperidine rings is 1. The number of nitrogens with one attached hydrogen (secondary N) is 2. The Morgan fingerprint density at radius 2 is 2.05 bits per heavy atom. The van der Waals surface area contributed by atoms with Gasteiger partial charge < -0.3 is 10.1 Å². The summed E-state index contributed by atoms with van der Waals surface area (Å²) < 4.78 is 33.3. The van der Waals surface area contributed by atoms with Crippen LogP contribution in [0.4, 0.5) is 0 Å². The lowest BCUT2D eigenvalue weighted by molar-refractivity contribution is 0.0365. The van der Waals surface area contributed by atoms with E-state index in [9.17, 15) is 8.42 Å². The van der Waals surface area contributed by atoms with Crippen molar-refractivity contribution in [1.29, 1.82) is 0 Å². The molecule has 114 valence electrons. The predicted octanol–water partition coefficient (Wildman–Crippen LogP) is 0.321. The van der Waals surface area contributed by atoms with Crippen LogP contribution in [0.2, 0.25) is 0 Å². The average molecular weight is 293 g/mol. The molecule has 0 aliphatic carbocycles. The van der Waals surface area contributed by atoms with Crippen molar-refractivity contribution >= 4 is 10.2 Å². The number of rotatable bonds is 9. The van der Waals surface area contributed by atoms with Crippen LogP contribution in [0.3, 0.4) is 0 Å². The Labute approximate surface area is 117 Å². The van der Waals surface area contributed by atoms with E-state index in [0.717, 1.165) is 38.8 Å². The van der Waals surface area contributed by atoms with Crippen LogP contribution < -0.4 is 10.0 Å². The molecule has 1 aliphatic heterocycles. The van der Waals surface area contributed by atoms with E-state index in [1.807, 2.05) is 6.92 Å². The summed E-state index contributed by atoms with van der Waals surface area (Å²) in [5.74, 6) is 0. The smallest absolute Gasteiger partial charge is 0.279 e. The lowest BCUT2D eigenvalue weighted by Gasteiger charge is -2.23. The Kier molecular flexibility index (Phi) is 7.86. The minimum Gasteiger partial charge on any atom is -0.377 e. The average Bonchev–Trinajstić information content (AvgIpc) is 2.42. The summed E-state index contributed by atoms with van der Waals surface area (Å²) in [6.07, 6.45) is 4.14. The molecule has 1 aliphatic rings. The molecule has 0 aromatic carbocycles. The fourth-order valence-corrected chi connectivity index (χ4v) is 2.90. The first-order valence-electron chi connectivity index (χ1n) is 7.09. The SMILES string of the molecule is CCCCN(C)S(=O)(=O)NCCOC1CCNCC1. The molecule has 0 saturated carbocycles. The van der Waals surface area contributed by atoms with Crippen LogP contribution in [0.15, 0.2) is 0 Å². The monoisotopic (exact) mass is 293 g/mol. The van der Waals surface area contributed by atoms with Crippen molar-refractivity contribution in [2.24, 2.45) is 0 Å². The van der Waals surface area contributed by atoms with Gasteiger partial charge in [-0.05, 0) is 32.4 Å². The molecular weight excluding hydrogens is 266 g/mol. The van der Waals surface area contributed by atoms with Gasteiger partial charge in [0.2, 0.25) is 0 Å². The Morgan fingerprint density at radius 3 is 2.68 bits per heavy atom. The van der Waals surface area contributed by atoms with Crippen LogP contribution in [0.1, 0.15) is 32.6 Å². The maximum atomic E-state index is 11.8. The van der Waals surface area contributed by atoms with Crippen LogP contribution in [0.25, 0.3) is 0 Å². The minimum absolute atomic E-state index is 0.267. The van der Waals surface area contributed by atoms with E-state index < -0.39 is 10.2 Å². The van der Waals surface area contributed by atoms with Gasteiger partial charge in [0, 0.05) is 20.1 Å². The van der Waals surface area contributed by atoms with Gasteiger partial charge in [0.05, 0.1) is 12.7 Å². The van der Waals surface area contributed by atoms with E-state index >= 15 is 0 Å². The standard InChI is InChI=1S/C12H27N3O3S/c1-3-4-10-15(2)19(16,17)14-9-11-18-12-5-7-13-8-6-12/h12-14H,3-11H2,1-2H3. The van der Waals surface area contributed by atoms with E-state index in [4.69, 9.17) is 4.74 Å². The molecule has 0 unspecified atom stereocenters. The number of hydrogen-bond acceptors (Lipinski definition) is 4. The normalized spacial score (nSPS) is 18.1. The number of unbranched alkanes of at least 4 members (excludes halogenated alkanes) is 1. The largest absolute Gasteiger partial charge is 0.377 e. The minimum atomic E-state index is -3.34. The molecule has 6 nitrogen and oxygen atoms in total. The van der Waals surface area contributed by atoms with Crippen LogP contribution in [0, 0.1) is 0 Å². The molecule has 7 heteroatoms. The Morgan fingerprint density at radius 1 is 1.37 bits per heavy atom. The van der Waals surface area contributed by atoms with E-state index in [-0.39, 0.29) is 6.10 Å². The summed E-state index contributed by atoms with van der Waals surface area (Å²) in [4.78, 5) is 0. The van der Waals surface area contributed by atoms with Gasteiger partial charge in [-0.15, -0.1) is 0 Å². The van der Waals surface area contributed by atoms with Gasteiger partial charge in [0.15, 0.2) is 0 Å². The highest BCUT2D eigenvalue weighted by Crippen LogP contribution is 2.06. The highest BCUT2D eigenvalue weighted by molar-refractivity contribution is 7.87. The zero-order valence-electron chi connectivity index (χ0n) is 12.0. The summed E-state index contributed by atoms with van der Waals surface area (Å²) in [5, 5.41) is 3.27. The Hall–Kier alpha value is -0.210. The van der Waals surface area contributed by atoms with Gasteiger partial charge in [-0.2, -0.15) is 17.4 Å². The first kappa shape index (κ1) is 16.8. The number of nitrogens with zero attached hydrogens (tertiary/aromatic N) is 1. The summed E-state index contributed by atoms with van der Waals surface area (Å²) >= 11 is 0. The fraction of sp³-hybridized carbons (Fsp3) is 1.00. The molecule has 0 aromatic rings. The summed E-state index contributed by atoms with van der Waals surface area (Å²) in [6.45, 7) is 5.34. The van der Waals surface area contributed by atoms with Gasteiger partial charge >= 0.3 is 0 Å². The molecule has 1 fully saturated rings. The van der Waals surface area contributed by atoms with E-state index in [1.165, 1.54) is 4.31 Å². The van der Waals surface area contributed by atoms with Gasteiger partial charge in [-0.25, -0.2) is 0 Å². The quantitative estimate of drug-likeness (QED) is 0.601. The van der Waals surface area contributed by atoms with Gasteiger partial charge in [0.1, 0.15) is 0 Å². The topological polar surface area (TPSA) is 70.7 Å². The predicted molar refractivity (Wildman–Crippen MR) is 76.3 cm³/mol. The molecule has 0 aromatic heterocycles. The second-order valence-electron chi connectivity index (χ2n) is 4.89. The van der Waals surface area contributed by atoms with E-state index in [2.05, 4.69) is 10.0 Å². The first-order chi connectivity index (χ1) is 9.06. The molecular formula is C12H27N3O3S. The molecule has 1 rings (SSSR count). The second kappa shape index (κ2) is 8.86. The molecule has 1 heterocycles. The van der Waals surface area contributed by atoms with Crippen LogP contribution in [-0.2, 0) is 14.9 Å². The Bertz CT molecular complexity index is 329. The third kappa shape index (κ3) is 6.67. The zero-order valence-corrected chi connectivity index (χ0v) is 12.8. The summed E-state index contributed by atoms with van der Waals surface area (Å²) in [7, 11) is -1.74. The van der Waals surface area contributed by atoms with Crippen molar-refractivity contribution in [1.82, 2.24) is 14.3 Å². The molecule has 0 amide bonds. The third-order valence-electron chi connectivity index (χ3n) is 3.26. The highest BCUT2D eigenvalue weighted by atomic mass is 32.2. The van der Waals surface area contributed by atoms with E-state index in [0.29, 0.717) is 19.7 Å². The molecule has 0 atom stereocenters. The van der Waals surface area contributed by atoms with Crippen LogP contribution in [0.5, 0.6) is 0 Å². The van der Waals surface area contributed by atoms with Crippen molar-refractivity contribution in [3.05, 3.63) is 0 Å². The number of ether oxygens (including phenoxy) is 1. The van der Waals surface area contributed by atoms with Crippen LogP contribution in [-0.4, -0.2) is 58.7 Å². The van der Waals surface area contributed by atoms with E-state index in [1.54, 1.807) is 7.05 Å². The number of hydrogen-bond donors (Lipinski definition) is 2. The molecule has 2 N–H and O–H groups in total. The molecule has 19 heavy (non-hydrogen) atoms. The van der Waals surface area contributed by atoms with Crippen LogP contribution >= 0.6 is 0 Å². The zero-order chi connectivity index (χ0) is 14.1. The van der Waals surface area contributed by atoms with Gasteiger partial charge in [0.25, 0.3) is 10.2 Å². The molecule has 0 bridgehead atoms. The summed E-state index contributed by atoms with van der Waals surface area (Å²) in [5.41, 5.74) is 0. The maximum Gasteiger partial charge on any atom is 0.279 e. The van der Waals surface area contributed by atoms with Crippen molar-refractivity contribution in [3.8, 4) is 0 Å². The molecule has 1 saturated heterocycles. The first-order valence-corrected chi connectivity index (χ1v) is 8.53. The second-order valence-corrected chi connectivity index (χ2v) is 6.76. The third-order valence-corrected chi connectivity index (χ3v) is 4.84. The van der Waals surface area contributed by atoms with Crippen molar-refractivity contribution in [2.75, 3.05) is 39.8 Å². The van der Waals surface area contributed by atoms with Gasteiger partial charge in [-0.3, -0.25) is 0 Å². The maximum absolute atomic E-state index is 11.8. The highest BCUT2D eigenvalue weighted by Gasteiger charge is 2.17. The van der Waals surface area contributed by atoms with Crippen molar-refractivity contribution in [2.45, 2.75) is 38.7 Å². The fourth-order valence-electron chi connectivity index (χ4n) is 1.97. The van der Waals surface area contributed by atoms with Crippen molar-refractivity contribution < 1.29 is 13.2 Å². The van der Waals surface area contributed by atoms with Gasteiger partial charge in [-0.1, -0.05) is 13.3 Å². The Balaban J connectivity index is 2.16.